The van der Waals surface area contributed by atoms with Crippen LogP contribution in [0.4, 0.5) is 0 Å². The maximum absolute atomic E-state index is 11.4. The van der Waals surface area contributed by atoms with Crippen molar-refractivity contribution >= 4 is 17.5 Å². The molecule has 1 unspecified atom stereocenters. The number of rotatable bonds is 5. The van der Waals surface area contributed by atoms with E-state index in [9.17, 15) is 4.79 Å². The highest BCUT2D eigenvalue weighted by molar-refractivity contribution is 6.18. The van der Waals surface area contributed by atoms with E-state index in [4.69, 9.17) is 16.3 Å². The first-order valence-electron chi connectivity index (χ1n) is 5.16. The van der Waals surface area contributed by atoms with Crippen molar-refractivity contribution in [1.29, 1.82) is 0 Å². The molecule has 0 fully saturated rings. The zero-order valence-electron chi connectivity index (χ0n) is 9.50. The number of carbonyl (C=O) groups excluding carboxylic acids is 1. The highest BCUT2D eigenvalue weighted by atomic mass is 35.5. The Bertz CT molecular complexity index is 355. The van der Waals surface area contributed by atoms with Crippen LogP contribution in [-0.2, 0) is 4.79 Å². The van der Waals surface area contributed by atoms with Crippen molar-refractivity contribution in [3.05, 3.63) is 29.8 Å². The molecule has 0 spiro atoms. The Kier molecular flexibility index (Phi) is 5.12. The van der Waals surface area contributed by atoms with Gasteiger partial charge in [0.15, 0.2) is 0 Å². The number of alkyl halides is 1. The van der Waals surface area contributed by atoms with Gasteiger partial charge in [0.2, 0.25) is 5.91 Å². The molecule has 0 aromatic heterocycles. The number of benzene rings is 1. The zero-order valence-corrected chi connectivity index (χ0v) is 10.3. The summed E-state index contributed by atoms with van der Waals surface area (Å²) in [6.07, 6.45) is 0.343. The number of hydrogen-bond donors (Lipinski definition) is 1. The molecule has 0 aliphatic rings. The molecule has 0 saturated heterocycles. The van der Waals surface area contributed by atoms with Gasteiger partial charge in [-0.1, -0.05) is 12.1 Å². The number of methoxy groups -OCH3 is 1. The summed E-state index contributed by atoms with van der Waals surface area (Å²) >= 11 is 5.49. The average Bonchev–Trinajstić information content (AvgIpc) is 2.29. The van der Waals surface area contributed by atoms with E-state index in [1.807, 2.05) is 31.2 Å². The van der Waals surface area contributed by atoms with E-state index < -0.39 is 0 Å². The number of carbonyl (C=O) groups is 1. The fraction of sp³-hybridized carbons (Fsp3) is 0.417. The van der Waals surface area contributed by atoms with Crippen molar-refractivity contribution < 1.29 is 9.53 Å². The summed E-state index contributed by atoms with van der Waals surface area (Å²) in [5.41, 5.74) is 1.02. The van der Waals surface area contributed by atoms with E-state index in [-0.39, 0.29) is 11.9 Å². The molecule has 1 N–H and O–H groups in total. The van der Waals surface area contributed by atoms with Crippen LogP contribution in [0.15, 0.2) is 24.3 Å². The van der Waals surface area contributed by atoms with Crippen LogP contribution in [0.3, 0.4) is 0 Å². The lowest BCUT2D eigenvalue weighted by molar-refractivity contribution is -0.121. The monoisotopic (exact) mass is 241 g/mol. The third kappa shape index (κ3) is 3.74. The molecule has 0 bridgehead atoms. The summed E-state index contributed by atoms with van der Waals surface area (Å²) in [4.78, 5) is 11.4. The van der Waals surface area contributed by atoms with Gasteiger partial charge in [0.1, 0.15) is 5.75 Å². The Morgan fingerprint density at radius 3 is 2.94 bits per heavy atom. The third-order valence-corrected chi connectivity index (χ3v) is 2.48. The topological polar surface area (TPSA) is 38.3 Å². The number of halogens is 1. The normalized spacial score (nSPS) is 11.9. The van der Waals surface area contributed by atoms with Crippen molar-refractivity contribution in [2.75, 3.05) is 13.0 Å². The second kappa shape index (κ2) is 6.38. The van der Waals surface area contributed by atoms with Gasteiger partial charge in [0.25, 0.3) is 0 Å². The molecule has 0 radical (unpaired) electrons. The van der Waals surface area contributed by atoms with E-state index in [0.29, 0.717) is 12.3 Å². The van der Waals surface area contributed by atoms with Crippen LogP contribution in [0.25, 0.3) is 0 Å². The number of ether oxygens (including phenoxy) is 1. The van der Waals surface area contributed by atoms with Gasteiger partial charge in [0, 0.05) is 12.3 Å². The van der Waals surface area contributed by atoms with Crippen LogP contribution >= 0.6 is 11.6 Å². The van der Waals surface area contributed by atoms with Crippen molar-refractivity contribution in [2.24, 2.45) is 0 Å². The summed E-state index contributed by atoms with van der Waals surface area (Å²) in [6.45, 7) is 1.93. The van der Waals surface area contributed by atoms with Gasteiger partial charge in [0.05, 0.1) is 13.2 Å². The van der Waals surface area contributed by atoms with Crippen LogP contribution in [0, 0.1) is 0 Å². The highest BCUT2D eigenvalue weighted by Crippen LogP contribution is 2.18. The summed E-state index contributed by atoms with van der Waals surface area (Å²) in [6, 6.07) is 7.60. The number of hydrogen-bond acceptors (Lipinski definition) is 2. The lowest BCUT2D eigenvalue weighted by Crippen LogP contribution is -2.26. The van der Waals surface area contributed by atoms with E-state index in [2.05, 4.69) is 5.32 Å². The van der Waals surface area contributed by atoms with E-state index in [1.54, 1.807) is 7.11 Å². The largest absolute Gasteiger partial charge is 0.497 e. The smallest absolute Gasteiger partial charge is 0.221 e. The van der Waals surface area contributed by atoms with Crippen LogP contribution < -0.4 is 10.1 Å². The summed E-state index contributed by atoms with van der Waals surface area (Å²) in [5.74, 6) is 1.10. The zero-order chi connectivity index (χ0) is 12.0. The second-order valence-electron chi connectivity index (χ2n) is 3.50. The minimum absolute atomic E-state index is 0.0363. The van der Waals surface area contributed by atoms with Crippen LogP contribution in [0.5, 0.6) is 5.75 Å². The first kappa shape index (κ1) is 12.8. The van der Waals surface area contributed by atoms with Crippen molar-refractivity contribution in [3.8, 4) is 5.75 Å². The van der Waals surface area contributed by atoms with Gasteiger partial charge in [-0.3, -0.25) is 4.79 Å². The van der Waals surface area contributed by atoms with Gasteiger partial charge in [-0.15, -0.1) is 11.6 Å². The molecule has 88 valence electrons. The molecule has 16 heavy (non-hydrogen) atoms. The van der Waals surface area contributed by atoms with Gasteiger partial charge in [-0.05, 0) is 24.6 Å². The second-order valence-corrected chi connectivity index (χ2v) is 3.88. The first-order valence-corrected chi connectivity index (χ1v) is 5.70. The predicted molar refractivity (Wildman–Crippen MR) is 64.9 cm³/mol. The highest BCUT2D eigenvalue weighted by Gasteiger charge is 2.09. The fourth-order valence-electron chi connectivity index (χ4n) is 1.39. The van der Waals surface area contributed by atoms with E-state index >= 15 is 0 Å². The molecule has 1 atom stereocenters. The van der Waals surface area contributed by atoms with Crippen LogP contribution in [0.1, 0.15) is 24.9 Å². The maximum atomic E-state index is 11.4. The van der Waals surface area contributed by atoms with Crippen LogP contribution in [0.2, 0.25) is 0 Å². The van der Waals surface area contributed by atoms with E-state index in [1.165, 1.54) is 0 Å². The number of amides is 1. The van der Waals surface area contributed by atoms with Gasteiger partial charge < -0.3 is 10.1 Å². The van der Waals surface area contributed by atoms with Crippen molar-refractivity contribution in [2.45, 2.75) is 19.4 Å². The van der Waals surface area contributed by atoms with Gasteiger partial charge in [-0.25, -0.2) is 0 Å². The third-order valence-electron chi connectivity index (χ3n) is 2.29. The van der Waals surface area contributed by atoms with Crippen molar-refractivity contribution in [1.82, 2.24) is 5.32 Å². The molecule has 4 heteroatoms. The molecular formula is C12H16ClNO2. The molecule has 0 aliphatic heterocycles. The molecular weight excluding hydrogens is 226 g/mol. The van der Waals surface area contributed by atoms with E-state index in [0.717, 1.165) is 11.3 Å². The summed E-state index contributed by atoms with van der Waals surface area (Å²) < 4.78 is 5.12. The Morgan fingerprint density at radius 2 is 2.31 bits per heavy atom. The van der Waals surface area contributed by atoms with Crippen LogP contribution in [-0.4, -0.2) is 18.9 Å². The van der Waals surface area contributed by atoms with Crippen molar-refractivity contribution in [3.63, 3.8) is 0 Å². The quantitative estimate of drug-likeness (QED) is 0.805. The molecule has 0 heterocycles. The Hall–Kier alpha value is -1.22. The predicted octanol–water partition coefficient (Wildman–Crippen LogP) is 2.50. The average molecular weight is 242 g/mol. The first-order chi connectivity index (χ1) is 7.67. The molecule has 1 aromatic carbocycles. The van der Waals surface area contributed by atoms with Gasteiger partial charge in [-0.2, -0.15) is 0 Å². The molecule has 0 aliphatic carbocycles. The standard InChI is InChI=1S/C12H16ClNO2/c1-9(14-12(15)6-7-13)10-4-3-5-11(8-10)16-2/h3-5,8-9H,6-7H2,1-2H3,(H,14,15). The molecule has 3 nitrogen and oxygen atoms in total. The molecule has 1 aromatic rings. The molecule has 1 rings (SSSR count). The van der Waals surface area contributed by atoms with Gasteiger partial charge >= 0.3 is 0 Å². The summed E-state index contributed by atoms with van der Waals surface area (Å²) in [7, 11) is 1.62. The minimum Gasteiger partial charge on any atom is -0.497 e. The lowest BCUT2D eigenvalue weighted by Gasteiger charge is -2.14. The minimum atomic E-state index is -0.0367. The Balaban J connectivity index is 2.64. The molecule has 1 amide bonds. The maximum Gasteiger partial charge on any atom is 0.221 e. The lowest BCUT2D eigenvalue weighted by atomic mass is 10.1. The SMILES string of the molecule is COc1cccc(C(C)NC(=O)CCCl)c1. The Morgan fingerprint density at radius 1 is 1.56 bits per heavy atom. The number of nitrogens with one attached hydrogen (secondary N) is 1. The summed E-state index contributed by atoms with van der Waals surface area (Å²) in [5, 5.41) is 2.87. The fourth-order valence-corrected chi connectivity index (χ4v) is 1.57. The Labute approximate surface area is 101 Å². The molecule has 0 saturated carbocycles.